The van der Waals surface area contributed by atoms with Crippen molar-refractivity contribution in [2.75, 3.05) is 0 Å². The van der Waals surface area contributed by atoms with Crippen LogP contribution in [-0.2, 0) is 35.2 Å². The normalized spacial score (nSPS) is 10.9. The Kier molecular flexibility index (Phi) is 15.2. The van der Waals surface area contributed by atoms with Gasteiger partial charge in [0.15, 0.2) is 24.8 Å². The maximum atomic E-state index is 4.39. The average molecular weight is 790 g/mol. The molecule has 0 bridgehead atoms. The topological polar surface area (TPSA) is 115 Å². The van der Waals surface area contributed by atoms with Crippen molar-refractivity contribution >= 4 is 67.9 Å². The van der Waals surface area contributed by atoms with Gasteiger partial charge in [-0.15, -0.1) is 14.9 Å². The lowest BCUT2D eigenvalue weighted by Crippen LogP contribution is -2.25. The second-order valence-electron chi connectivity index (χ2n) is 13.5. The third kappa shape index (κ3) is 10.5. The molecule has 12 nitrogen and oxygen atoms in total. The van der Waals surface area contributed by atoms with Crippen molar-refractivity contribution in [3.05, 3.63) is 157 Å². The maximum absolute atomic E-state index is 4.39. The molecule has 302 valence electrons. The largest absolute Gasteiger partial charge is 0.403 e. The van der Waals surface area contributed by atoms with Gasteiger partial charge < -0.3 is 14.5 Å². The van der Waals surface area contributed by atoms with Gasteiger partial charge in [0.05, 0.1) is 19.6 Å². The fraction of sp³-hybridized carbons (Fsp3) is 0.191. The average Bonchev–Trinajstić information content (AvgIpc) is 3.96. The number of H-pyrrole nitrogens is 2. The molecule has 9 rings (SSSR count). The number of hydrogen-bond acceptors (Lipinski definition) is 5. The van der Waals surface area contributed by atoms with Gasteiger partial charge in [0.1, 0.15) is 31.2 Å². The van der Waals surface area contributed by atoms with E-state index in [1.165, 1.54) is 22.0 Å². The number of aromatic amines is 2. The Bertz CT molecular complexity index is 2810. The summed E-state index contributed by atoms with van der Waals surface area (Å²) in [6.45, 7) is 2.01. The van der Waals surface area contributed by atoms with Crippen molar-refractivity contribution < 1.29 is 13.7 Å². The van der Waals surface area contributed by atoms with Gasteiger partial charge in [0.2, 0.25) is 6.33 Å². The van der Waals surface area contributed by atoms with E-state index in [1.807, 2.05) is 140 Å². The molecular weight excluding hydrogens is 733 g/mol. The molecule has 0 aliphatic carbocycles. The summed E-state index contributed by atoms with van der Waals surface area (Å²) in [6, 6.07) is 32.7. The molecule has 9 aromatic rings. The Hall–Kier alpha value is -7.34. The fourth-order valence-corrected chi connectivity index (χ4v) is 6.29. The molecule has 0 saturated heterocycles. The third-order valence-electron chi connectivity index (χ3n) is 9.26. The van der Waals surface area contributed by atoms with Gasteiger partial charge in [-0.05, 0) is 47.4 Å². The molecule has 6 aromatic heterocycles. The van der Waals surface area contributed by atoms with Crippen LogP contribution < -0.4 is 13.7 Å². The number of hydrogen-bond donors (Lipinski definition) is 2. The van der Waals surface area contributed by atoms with Gasteiger partial charge in [-0.3, -0.25) is 0 Å². The fourth-order valence-electron chi connectivity index (χ4n) is 6.29. The van der Waals surface area contributed by atoms with Gasteiger partial charge in [0.25, 0.3) is 0 Å². The van der Waals surface area contributed by atoms with Crippen molar-refractivity contribution in [3.63, 3.8) is 0 Å². The van der Waals surface area contributed by atoms with E-state index in [0.29, 0.717) is 5.95 Å². The minimum absolute atomic E-state index is 0. The van der Waals surface area contributed by atoms with E-state index in [2.05, 4.69) is 103 Å². The van der Waals surface area contributed by atoms with Crippen LogP contribution in [0.25, 0.3) is 44.9 Å². The Labute approximate surface area is 347 Å². The quantitative estimate of drug-likeness (QED) is 0.127. The Morgan fingerprint density at radius 2 is 1.34 bits per heavy atom. The zero-order valence-electron chi connectivity index (χ0n) is 32.4. The van der Waals surface area contributed by atoms with Crippen LogP contribution in [0, 0.1) is 6.92 Å². The molecule has 0 amide bonds. The Morgan fingerprint density at radius 1 is 0.661 bits per heavy atom. The van der Waals surface area contributed by atoms with Crippen LogP contribution in [0.2, 0.25) is 0 Å². The predicted octanol–water partition coefficient (Wildman–Crippen LogP) is 10.9. The van der Waals surface area contributed by atoms with E-state index in [-0.39, 0.29) is 22.3 Å². The van der Waals surface area contributed by atoms with Crippen molar-refractivity contribution in [3.8, 4) is 0 Å². The van der Waals surface area contributed by atoms with Gasteiger partial charge in [-0.1, -0.05) is 94.1 Å². The standard InChI is InChI=1S/C16H14N2.C15H15N4.C13H15N6.3CH4/c1-18-10-8-13(9-11-18)6-7-14-12-17-16-5-3-2-4-15(14)16;1-11-15(13-7-3-4-8-14(13)16-11)18-17-12-6-5-9-19(2)10-12;1-17-8-11(10-6-4-5-7-12(10)17)15-16-13-18(2)9-14-19(13)3;;;/h2-12H,1H3;3-10,16H,1-2H3;4-9H,1-3H3;3*1H4/q;2*+1;;;/p+1. The summed E-state index contributed by atoms with van der Waals surface area (Å²) in [6.07, 6.45) is 18.0. The first-order valence-electron chi connectivity index (χ1n) is 18.2. The van der Waals surface area contributed by atoms with E-state index in [0.717, 1.165) is 44.6 Å². The number of azo groups is 2. The summed E-state index contributed by atoms with van der Waals surface area (Å²) in [5.74, 6) is 0.702. The lowest BCUT2D eigenvalue weighted by Gasteiger charge is -1.92. The number of fused-ring (bicyclic) bond motifs is 3. The molecule has 0 spiro atoms. The van der Waals surface area contributed by atoms with Gasteiger partial charge in [0, 0.05) is 75.6 Å². The molecule has 0 radical (unpaired) electrons. The van der Waals surface area contributed by atoms with Crippen LogP contribution in [0.1, 0.15) is 39.1 Å². The molecule has 0 saturated carbocycles. The van der Waals surface area contributed by atoms with E-state index in [1.54, 1.807) is 11.0 Å². The van der Waals surface area contributed by atoms with Crippen LogP contribution in [0.3, 0.4) is 0 Å². The molecule has 6 heterocycles. The molecule has 3 aromatic carbocycles. The van der Waals surface area contributed by atoms with Crippen molar-refractivity contribution in [1.82, 2.24) is 24.3 Å². The van der Waals surface area contributed by atoms with Crippen LogP contribution >= 0.6 is 0 Å². The molecule has 0 atom stereocenters. The smallest absolute Gasteiger partial charge is 0.361 e. The monoisotopic (exact) mass is 789 g/mol. The van der Waals surface area contributed by atoms with Crippen LogP contribution in [-0.4, -0.2) is 24.3 Å². The molecule has 2 N–H and O–H groups in total. The summed E-state index contributed by atoms with van der Waals surface area (Å²) < 4.78 is 9.55. The zero-order valence-corrected chi connectivity index (χ0v) is 32.4. The number of nitrogens with one attached hydrogen (secondary N) is 2. The first-order valence-corrected chi connectivity index (χ1v) is 18.2. The summed E-state index contributed by atoms with van der Waals surface area (Å²) in [4.78, 5) is 6.59. The molecule has 0 unspecified atom stereocenters. The lowest BCUT2D eigenvalue weighted by molar-refractivity contribution is -0.671. The number of rotatable bonds is 6. The Balaban J connectivity index is 0.000000191. The van der Waals surface area contributed by atoms with E-state index < -0.39 is 0 Å². The first kappa shape index (κ1) is 44.4. The number of pyridine rings is 2. The van der Waals surface area contributed by atoms with E-state index >= 15 is 0 Å². The van der Waals surface area contributed by atoms with Crippen LogP contribution in [0.4, 0.5) is 23.0 Å². The molecule has 0 aliphatic heterocycles. The van der Waals surface area contributed by atoms with Crippen LogP contribution in [0.5, 0.6) is 0 Å². The van der Waals surface area contributed by atoms with Crippen molar-refractivity contribution in [2.45, 2.75) is 29.2 Å². The molecule has 59 heavy (non-hydrogen) atoms. The highest BCUT2D eigenvalue weighted by Crippen LogP contribution is 2.31. The zero-order chi connectivity index (χ0) is 39.0. The Morgan fingerprint density at radius 3 is 2.05 bits per heavy atom. The summed E-state index contributed by atoms with van der Waals surface area (Å²) >= 11 is 0. The van der Waals surface area contributed by atoms with E-state index in [9.17, 15) is 0 Å². The summed E-state index contributed by atoms with van der Waals surface area (Å²) in [5.41, 5.74) is 9.48. The van der Waals surface area contributed by atoms with Gasteiger partial charge in [-0.2, -0.15) is 0 Å². The number of nitrogens with zero attached hydrogens (tertiary/aromatic N) is 10. The highest BCUT2D eigenvalue weighted by molar-refractivity contribution is 5.93. The maximum Gasteiger partial charge on any atom is 0.403 e. The summed E-state index contributed by atoms with van der Waals surface area (Å²) in [5, 5.41) is 24.9. The number of aryl methyl sites for hydroxylation is 6. The number of para-hydroxylation sites is 3. The lowest BCUT2D eigenvalue weighted by atomic mass is 10.1. The van der Waals surface area contributed by atoms with Gasteiger partial charge >= 0.3 is 5.95 Å². The molecular formula is C47H57N12+3. The second kappa shape index (κ2) is 20.2. The summed E-state index contributed by atoms with van der Waals surface area (Å²) in [7, 11) is 9.73. The highest BCUT2D eigenvalue weighted by atomic mass is 15.4. The molecule has 12 heteroatoms. The SMILES string of the molecule is C.C.C.C[n+]1ccc(C=Cc2c[nH]c3ccccc23)cc1.Cc1[nH]c2ccccc2c1N=Nc1ccc[n+](C)c1.Cn1nc[n+](C)c1N=Nc1cn(C)c2ccccc12. The highest BCUT2D eigenvalue weighted by Gasteiger charge is 2.13. The van der Waals surface area contributed by atoms with E-state index in [4.69, 9.17) is 0 Å². The minimum Gasteiger partial charge on any atom is -0.361 e. The number of benzene rings is 3. The minimum atomic E-state index is 0. The first-order chi connectivity index (χ1) is 27.2. The molecule has 0 fully saturated rings. The third-order valence-corrected chi connectivity index (χ3v) is 9.26. The van der Waals surface area contributed by atoms with Gasteiger partial charge in [-0.25, -0.2) is 13.7 Å². The van der Waals surface area contributed by atoms with Crippen LogP contribution in [0.15, 0.2) is 161 Å². The second-order valence-corrected chi connectivity index (χ2v) is 13.5. The molecule has 0 aliphatic rings. The predicted molar refractivity (Wildman–Crippen MR) is 241 cm³/mol. The van der Waals surface area contributed by atoms with Crippen molar-refractivity contribution in [2.24, 2.45) is 55.7 Å². The van der Waals surface area contributed by atoms with Crippen molar-refractivity contribution in [1.29, 1.82) is 0 Å². The number of aromatic nitrogens is 8.